The van der Waals surface area contributed by atoms with Gasteiger partial charge in [-0.3, -0.25) is 0 Å². The molecule has 1 aliphatic rings. The summed E-state index contributed by atoms with van der Waals surface area (Å²) in [5.41, 5.74) is 0. The van der Waals surface area contributed by atoms with Crippen LogP contribution in [-0.4, -0.2) is 44.6 Å². The van der Waals surface area contributed by atoms with Gasteiger partial charge in [-0.15, -0.1) is 0 Å². The number of hydrogen-bond donors (Lipinski definition) is 1. The van der Waals surface area contributed by atoms with E-state index < -0.39 is 18.2 Å². The lowest BCUT2D eigenvalue weighted by molar-refractivity contribution is -0.203. The minimum Gasteiger partial charge on any atom is -0.456 e. The van der Waals surface area contributed by atoms with Gasteiger partial charge in [0.25, 0.3) is 0 Å². The number of ether oxygens (including phenoxy) is 2. The van der Waals surface area contributed by atoms with Gasteiger partial charge in [-0.1, -0.05) is 0 Å². The van der Waals surface area contributed by atoms with Crippen LogP contribution in [0.2, 0.25) is 0 Å². The van der Waals surface area contributed by atoms with Gasteiger partial charge in [-0.05, 0) is 0 Å². The molecule has 0 saturated carbocycles. The van der Waals surface area contributed by atoms with E-state index in [4.69, 9.17) is 4.74 Å². The maximum atomic E-state index is 11.7. The summed E-state index contributed by atoms with van der Waals surface area (Å²) in [5, 5.41) is 2.90. The van der Waals surface area contributed by atoms with E-state index in [0.717, 1.165) is 0 Å². The van der Waals surface area contributed by atoms with E-state index in [0.29, 0.717) is 19.7 Å². The number of carbonyl (C=O) groups excluding carboxylic acids is 1. The van der Waals surface area contributed by atoms with Crippen molar-refractivity contribution in [3.8, 4) is 0 Å². The lowest BCUT2D eigenvalue weighted by Gasteiger charge is -2.23. The fourth-order valence-corrected chi connectivity index (χ4v) is 0.977. The second-order valence-electron chi connectivity index (χ2n) is 2.79. The van der Waals surface area contributed by atoms with Crippen molar-refractivity contribution in [2.24, 2.45) is 0 Å². The lowest BCUT2D eigenvalue weighted by Crippen LogP contribution is -2.42. The number of nitrogens with one attached hydrogen (secondary N) is 1. The summed E-state index contributed by atoms with van der Waals surface area (Å²) in [6.45, 7) is 1.09. The molecule has 0 aromatic heterocycles. The van der Waals surface area contributed by atoms with Gasteiger partial charge in [-0.25, -0.2) is 4.79 Å². The Labute approximate surface area is 78.4 Å². The van der Waals surface area contributed by atoms with E-state index in [9.17, 15) is 18.0 Å². The Bertz CT molecular complexity index is 201. The Morgan fingerprint density at radius 1 is 1.57 bits per heavy atom. The molecular weight excluding hydrogens is 203 g/mol. The molecule has 0 spiro atoms. The molecule has 1 atom stereocenters. The Morgan fingerprint density at radius 2 is 2.29 bits per heavy atom. The second-order valence-corrected chi connectivity index (χ2v) is 2.79. The molecule has 0 bridgehead atoms. The van der Waals surface area contributed by atoms with Crippen LogP contribution in [0.4, 0.5) is 13.2 Å². The zero-order valence-electron chi connectivity index (χ0n) is 7.26. The molecule has 1 N–H and O–H groups in total. The standard InChI is InChI=1S/C7H10F3NO3/c8-7(9,10)6(12)14-4-5-3-11-1-2-13-5/h5,11H,1-4H2/t5-/m1/s1. The highest BCUT2D eigenvalue weighted by molar-refractivity contribution is 5.75. The van der Waals surface area contributed by atoms with Crippen molar-refractivity contribution in [3.63, 3.8) is 0 Å². The number of carbonyl (C=O) groups is 1. The van der Waals surface area contributed by atoms with Crippen LogP contribution >= 0.6 is 0 Å². The molecule has 4 nitrogen and oxygen atoms in total. The molecule has 82 valence electrons. The number of halogens is 3. The van der Waals surface area contributed by atoms with E-state index in [1.165, 1.54) is 0 Å². The summed E-state index contributed by atoms with van der Waals surface area (Å²) in [6.07, 6.45) is -5.42. The Hall–Kier alpha value is -0.820. The maximum absolute atomic E-state index is 11.7. The second kappa shape index (κ2) is 4.61. The molecule has 14 heavy (non-hydrogen) atoms. The van der Waals surface area contributed by atoms with Crippen LogP contribution in [0.5, 0.6) is 0 Å². The fraction of sp³-hybridized carbons (Fsp3) is 0.857. The minimum atomic E-state index is -4.93. The predicted molar refractivity (Wildman–Crippen MR) is 39.6 cm³/mol. The van der Waals surface area contributed by atoms with Crippen LogP contribution in [-0.2, 0) is 14.3 Å². The summed E-state index contributed by atoms with van der Waals surface area (Å²) in [4.78, 5) is 10.3. The Morgan fingerprint density at radius 3 is 2.79 bits per heavy atom. The van der Waals surface area contributed by atoms with E-state index in [1.807, 2.05) is 0 Å². The number of hydrogen-bond acceptors (Lipinski definition) is 4. The minimum absolute atomic E-state index is 0.370. The van der Waals surface area contributed by atoms with Crippen molar-refractivity contribution < 1.29 is 27.4 Å². The van der Waals surface area contributed by atoms with Gasteiger partial charge < -0.3 is 14.8 Å². The molecule has 0 aromatic carbocycles. The highest BCUT2D eigenvalue weighted by Gasteiger charge is 2.41. The number of esters is 1. The SMILES string of the molecule is O=C(OC[C@H]1CNCCO1)C(F)(F)F. The summed E-state index contributed by atoms with van der Waals surface area (Å²) in [6, 6.07) is 0. The summed E-state index contributed by atoms with van der Waals surface area (Å²) >= 11 is 0. The monoisotopic (exact) mass is 213 g/mol. The average Bonchev–Trinajstić information content (AvgIpc) is 2.14. The van der Waals surface area contributed by atoms with Crippen molar-refractivity contribution in [1.29, 1.82) is 0 Å². The highest BCUT2D eigenvalue weighted by Crippen LogP contribution is 2.16. The predicted octanol–water partition coefficient (Wildman–Crippen LogP) is 0.0803. The lowest BCUT2D eigenvalue weighted by atomic mass is 10.3. The molecule has 1 heterocycles. The van der Waals surface area contributed by atoms with Gasteiger partial charge in [0.15, 0.2) is 0 Å². The molecular formula is C7H10F3NO3. The molecule has 0 aliphatic carbocycles. The molecule has 1 rings (SSSR count). The van der Waals surface area contributed by atoms with Crippen LogP contribution in [0, 0.1) is 0 Å². The molecule has 1 aliphatic heterocycles. The zero-order valence-corrected chi connectivity index (χ0v) is 7.26. The third-order valence-corrected chi connectivity index (χ3v) is 1.64. The quantitative estimate of drug-likeness (QED) is 0.660. The normalized spacial score (nSPS) is 23.2. The third-order valence-electron chi connectivity index (χ3n) is 1.64. The molecule has 1 saturated heterocycles. The molecule has 1 fully saturated rings. The van der Waals surface area contributed by atoms with Crippen molar-refractivity contribution in [1.82, 2.24) is 5.32 Å². The van der Waals surface area contributed by atoms with Crippen molar-refractivity contribution in [2.45, 2.75) is 12.3 Å². The zero-order chi connectivity index (χ0) is 10.6. The Kier molecular flexibility index (Phi) is 3.70. The van der Waals surface area contributed by atoms with Crippen LogP contribution in [0.15, 0.2) is 0 Å². The van der Waals surface area contributed by atoms with Gasteiger partial charge in [0.1, 0.15) is 12.7 Å². The number of alkyl halides is 3. The van der Waals surface area contributed by atoms with Crippen molar-refractivity contribution >= 4 is 5.97 Å². The van der Waals surface area contributed by atoms with Crippen LogP contribution in [0.1, 0.15) is 0 Å². The van der Waals surface area contributed by atoms with Crippen molar-refractivity contribution in [3.05, 3.63) is 0 Å². The molecule has 0 amide bonds. The van der Waals surface area contributed by atoms with E-state index in [-0.39, 0.29) is 6.61 Å². The number of rotatable bonds is 2. The van der Waals surface area contributed by atoms with Crippen LogP contribution < -0.4 is 5.32 Å². The molecule has 0 radical (unpaired) electrons. The van der Waals surface area contributed by atoms with Gasteiger partial charge in [0, 0.05) is 13.1 Å². The van der Waals surface area contributed by atoms with Crippen molar-refractivity contribution in [2.75, 3.05) is 26.3 Å². The van der Waals surface area contributed by atoms with Crippen LogP contribution in [0.3, 0.4) is 0 Å². The molecule has 7 heteroatoms. The smallest absolute Gasteiger partial charge is 0.456 e. The number of morpholine rings is 1. The van der Waals surface area contributed by atoms with Gasteiger partial charge in [0.2, 0.25) is 0 Å². The largest absolute Gasteiger partial charge is 0.490 e. The van der Waals surface area contributed by atoms with E-state index >= 15 is 0 Å². The van der Waals surface area contributed by atoms with Crippen LogP contribution in [0.25, 0.3) is 0 Å². The summed E-state index contributed by atoms with van der Waals surface area (Å²) < 4.78 is 44.1. The average molecular weight is 213 g/mol. The molecule has 0 aromatic rings. The van der Waals surface area contributed by atoms with E-state index in [1.54, 1.807) is 0 Å². The third kappa shape index (κ3) is 3.51. The van der Waals surface area contributed by atoms with Gasteiger partial charge in [0.05, 0.1) is 6.61 Å². The van der Waals surface area contributed by atoms with Gasteiger partial charge in [-0.2, -0.15) is 13.2 Å². The Balaban J connectivity index is 2.22. The topological polar surface area (TPSA) is 47.6 Å². The summed E-state index contributed by atoms with van der Waals surface area (Å²) in [7, 11) is 0. The molecule has 0 unspecified atom stereocenters. The maximum Gasteiger partial charge on any atom is 0.490 e. The van der Waals surface area contributed by atoms with Gasteiger partial charge >= 0.3 is 12.1 Å². The fourth-order valence-electron chi connectivity index (χ4n) is 0.977. The first-order chi connectivity index (χ1) is 6.50. The highest BCUT2D eigenvalue weighted by atomic mass is 19.4. The first kappa shape index (κ1) is 11.3. The summed E-state index contributed by atoms with van der Waals surface area (Å²) in [5.74, 6) is -2.17. The first-order valence-corrected chi connectivity index (χ1v) is 4.06. The van der Waals surface area contributed by atoms with E-state index in [2.05, 4.69) is 10.1 Å². The first-order valence-electron chi connectivity index (χ1n) is 4.06.